The molecule has 5 nitrogen and oxygen atoms in total. The minimum atomic E-state index is -0.927. The summed E-state index contributed by atoms with van der Waals surface area (Å²) in [4.78, 5) is 18.6. The van der Waals surface area contributed by atoms with Gasteiger partial charge in [-0.25, -0.2) is 14.8 Å². The van der Waals surface area contributed by atoms with Gasteiger partial charge < -0.3 is 10.4 Å². The lowest BCUT2D eigenvalue weighted by Crippen LogP contribution is -2.34. The molecule has 1 aromatic heterocycles. The van der Waals surface area contributed by atoms with E-state index in [4.69, 9.17) is 16.7 Å². The Morgan fingerprint density at radius 3 is 2.40 bits per heavy atom. The van der Waals surface area contributed by atoms with E-state index in [1.165, 1.54) is 12.4 Å². The number of carboxylic acids is 1. The Kier molecular flexibility index (Phi) is 3.85. The third-order valence-electron chi connectivity index (χ3n) is 1.84. The van der Waals surface area contributed by atoms with E-state index < -0.39 is 12.0 Å². The fraction of sp³-hybridized carbons (Fsp3) is 0.444. The molecule has 0 aliphatic heterocycles. The second-order valence-electron chi connectivity index (χ2n) is 3.43. The number of carbonyl (C=O) groups is 1. The molecule has 0 saturated heterocycles. The van der Waals surface area contributed by atoms with Crippen molar-refractivity contribution in [2.24, 2.45) is 5.92 Å². The predicted octanol–water partition coefficient (Wildman–Crippen LogP) is 1.65. The number of carboxylic acid groups (broad SMARTS) is 1. The molecule has 0 saturated carbocycles. The molecule has 82 valence electrons. The summed E-state index contributed by atoms with van der Waals surface area (Å²) in [6.45, 7) is 3.61. The van der Waals surface area contributed by atoms with Gasteiger partial charge in [0.25, 0.3) is 0 Å². The van der Waals surface area contributed by atoms with E-state index in [0.717, 1.165) is 0 Å². The number of nitrogens with one attached hydrogen (secondary N) is 1. The standard InChI is InChI=1S/C9H12ClN3O2/c1-5(2)7(8(14)15)13-9-11-3-6(10)4-12-9/h3-5,7H,1-2H3,(H,14,15)(H,11,12,13)/t7-/m0/s1. The van der Waals surface area contributed by atoms with Gasteiger partial charge in [0.2, 0.25) is 5.95 Å². The Morgan fingerprint density at radius 2 is 2.00 bits per heavy atom. The lowest BCUT2D eigenvalue weighted by atomic mass is 10.1. The molecule has 2 N–H and O–H groups in total. The minimum absolute atomic E-state index is 0.0539. The van der Waals surface area contributed by atoms with Gasteiger partial charge in [-0.2, -0.15) is 0 Å². The lowest BCUT2D eigenvalue weighted by molar-refractivity contribution is -0.138. The van der Waals surface area contributed by atoms with Gasteiger partial charge in [0.1, 0.15) is 6.04 Å². The van der Waals surface area contributed by atoms with Crippen molar-refractivity contribution in [2.45, 2.75) is 19.9 Å². The molecule has 0 radical (unpaired) electrons. The van der Waals surface area contributed by atoms with Crippen LogP contribution in [0.2, 0.25) is 5.02 Å². The molecule has 15 heavy (non-hydrogen) atoms. The summed E-state index contributed by atoms with van der Waals surface area (Å²) in [6, 6.07) is -0.703. The summed E-state index contributed by atoms with van der Waals surface area (Å²) >= 11 is 5.60. The van der Waals surface area contributed by atoms with E-state index in [2.05, 4.69) is 15.3 Å². The van der Waals surface area contributed by atoms with E-state index in [1.807, 2.05) is 13.8 Å². The first-order valence-electron chi connectivity index (χ1n) is 4.47. The molecule has 0 unspecified atom stereocenters. The topological polar surface area (TPSA) is 75.1 Å². The maximum Gasteiger partial charge on any atom is 0.326 e. The first-order chi connectivity index (χ1) is 7.00. The van der Waals surface area contributed by atoms with E-state index >= 15 is 0 Å². The minimum Gasteiger partial charge on any atom is -0.480 e. The molecule has 1 atom stereocenters. The quantitative estimate of drug-likeness (QED) is 0.821. The van der Waals surface area contributed by atoms with Crippen LogP contribution in [-0.4, -0.2) is 27.1 Å². The molecule has 0 aliphatic rings. The van der Waals surface area contributed by atoms with Gasteiger partial charge in [-0.1, -0.05) is 25.4 Å². The van der Waals surface area contributed by atoms with Gasteiger partial charge in [0.05, 0.1) is 17.4 Å². The molecule has 0 amide bonds. The number of hydrogen-bond donors (Lipinski definition) is 2. The van der Waals surface area contributed by atoms with Gasteiger partial charge >= 0.3 is 5.97 Å². The molecule has 0 bridgehead atoms. The summed E-state index contributed by atoms with van der Waals surface area (Å²) in [5.41, 5.74) is 0. The Bertz CT molecular complexity index is 340. The van der Waals surface area contributed by atoms with Crippen LogP contribution in [0.5, 0.6) is 0 Å². The van der Waals surface area contributed by atoms with Gasteiger partial charge in [0, 0.05) is 0 Å². The SMILES string of the molecule is CC(C)[C@H](Nc1ncc(Cl)cn1)C(=O)O. The van der Waals surface area contributed by atoms with Crippen LogP contribution >= 0.6 is 11.6 Å². The van der Waals surface area contributed by atoms with Crippen molar-refractivity contribution in [2.75, 3.05) is 5.32 Å². The summed E-state index contributed by atoms with van der Waals surface area (Å²) in [5.74, 6) is -0.717. The highest BCUT2D eigenvalue weighted by atomic mass is 35.5. The van der Waals surface area contributed by atoms with Crippen molar-refractivity contribution < 1.29 is 9.90 Å². The Labute approximate surface area is 92.5 Å². The smallest absolute Gasteiger partial charge is 0.326 e. The van der Waals surface area contributed by atoms with Crippen molar-refractivity contribution in [3.63, 3.8) is 0 Å². The number of halogens is 1. The molecule has 6 heteroatoms. The summed E-state index contributed by atoms with van der Waals surface area (Å²) in [5, 5.41) is 12.1. The largest absolute Gasteiger partial charge is 0.480 e. The predicted molar refractivity (Wildman–Crippen MR) is 56.9 cm³/mol. The molecule has 0 aromatic carbocycles. The zero-order valence-electron chi connectivity index (χ0n) is 8.44. The molecular weight excluding hydrogens is 218 g/mol. The van der Waals surface area contributed by atoms with Crippen molar-refractivity contribution >= 4 is 23.5 Å². The van der Waals surface area contributed by atoms with Crippen LogP contribution in [0.4, 0.5) is 5.95 Å². The maximum absolute atomic E-state index is 10.9. The molecule has 0 aliphatic carbocycles. The maximum atomic E-state index is 10.9. The molecule has 1 heterocycles. The van der Waals surface area contributed by atoms with Crippen LogP contribution in [-0.2, 0) is 4.79 Å². The first kappa shape index (κ1) is 11.7. The van der Waals surface area contributed by atoms with Crippen molar-refractivity contribution in [3.05, 3.63) is 17.4 Å². The van der Waals surface area contributed by atoms with Gasteiger partial charge in [0.15, 0.2) is 0 Å². The third kappa shape index (κ3) is 3.36. The Hall–Kier alpha value is -1.36. The van der Waals surface area contributed by atoms with Crippen molar-refractivity contribution in [3.8, 4) is 0 Å². The van der Waals surface area contributed by atoms with Crippen LogP contribution in [0.15, 0.2) is 12.4 Å². The molecule has 1 aromatic rings. The van der Waals surface area contributed by atoms with Crippen LogP contribution in [0.1, 0.15) is 13.8 Å². The number of anilines is 1. The van der Waals surface area contributed by atoms with E-state index in [0.29, 0.717) is 5.02 Å². The molecule has 1 rings (SSSR count). The zero-order valence-corrected chi connectivity index (χ0v) is 9.19. The zero-order chi connectivity index (χ0) is 11.4. The average molecular weight is 230 g/mol. The summed E-state index contributed by atoms with van der Waals surface area (Å²) in [6.07, 6.45) is 2.83. The van der Waals surface area contributed by atoms with E-state index in [9.17, 15) is 4.79 Å². The first-order valence-corrected chi connectivity index (χ1v) is 4.85. The van der Waals surface area contributed by atoms with Crippen molar-refractivity contribution in [1.82, 2.24) is 9.97 Å². The third-order valence-corrected chi connectivity index (χ3v) is 2.03. The molecular formula is C9H12ClN3O2. The number of aliphatic carboxylic acids is 1. The Balaban J connectivity index is 2.74. The van der Waals surface area contributed by atoms with E-state index in [1.54, 1.807) is 0 Å². The molecule has 0 fully saturated rings. The second kappa shape index (κ2) is 4.93. The fourth-order valence-corrected chi connectivity index (χ4v) is 1.14. The average Bonchev–Trinajstić information content (AvgIpc) is 2.15. The highest BCUT2D eigenvalue weighted by Crippen LogP contribution is 2.10. The number of aromatic nitrogens is 2. The van der Waals surface area contributed by atoms with Crippen LogP contribution < -0.4 is 5.32 Å². The number of hydrogen-bond acceptors (Lipinski definition) is 4. The summed E-state index contributed by atoms with van der Waals surface area (Å²) in [7, 11) is 0. The van der Waals surface area contributed by atoms with Crippen LogP contribution in [0.25, 0.3) is 0 Å². The number of rotatable bonds is 4. The molecule has 0 spiro atoms. The lowest BCUT2D eigenvalue weighted by Gasteiger charge is -2.17. The fourth-order valence-electron chi connectivity index (χ4n) is 1.04. The van der Waals surface area contributed by atoms with Gasteiger partial charge in [-0.3, -0.25) is 0 Å². The highest BCUT2D eigenvalue weighted by Gasteiger charge is 2.21. The summed E-state index contributed by atoms with van der Waals surface area (Å²) < 4.78 is 0. The monoisotopic (exact) mass is 229 g/mol. The van der Waals surface area contributed by atoms with E-state index in [-0.39, 0.29) is 11.9 Å². The Morgan fingerprint density at radius 1 is 1.47 bits per heavy atom. The van der Waals surface area contributed by atoms with Crippen LogP contribution in [0, 0.1) is 5.92 Å². The van der Waals surface area contributed by atoms with Gasteiger partial charge in [-0.05, 0) is 5.92 Å². The van der Waals surface area contributed by atoms with Gasteiger partial charge in [-0.15, -0.1) is 0 Å². The van der Waals surface area contributed by atoms with Crippen molar-refractivity contribution in [1.29, 1.82) is 0 Å². The highest BCUT2D eigenvalue weighted by molar-refractivity contribution is 6.30. The normalized spacial score (nSPS) is 12.5. The number of nitrogens with zero attached hydrogens (tertiary/aromatic N) is 2. The second-order valence-corrected chi connectivity index (χ2v) is 3.87. The van der Waals surface area contributed by atoms with Crippen LogP contribution in [0.3, 0.4) is 0 Å².